The summed E-state index contributed by atoms with van der Waals surface area (Å²) in [5, 5.41) is 2.89. The molecule has 4 rings (SSSR count). The molecule has 0 spiro atoms. The third-order valence-corrected chi connectivity index (χ3v) is 5.54. The summed E-state index contributed by atoms with van der Waals surface area (Å²) in [5.41, 5.74) is 1.42. The number of amides is 2. The third-order valence-electron chi connectivity index (χ3n) is 5.54. The molecule has 1 N–H and O–H groups in total. The molecule has 1 saturated heterocycles. The van der Waals surface area contributed by atoms with Crippen LogP contribution in [0.2, 0.25) is 0 Å². The number of aromatic nitrogens is 2. The number of anilines is 1. The van der Waals surface area contributed by atoms with Crippen LogP contribution in [0.1, 0.15) is 23.3 Å². The average Bonchev–Trinajstić information content (AvgIpc) is 3.33. The van der Waals surface area contributed by atoms with Gasteiger partial charge in [-0.2, -0.15) is 0 Å². The van der Waals surface area contributed by atoms with Gasteiger partial charge in [0.15, 0.2) is 12.3 Å². The number of ether oxygens (including phenoxy) is 1. The van der Waals surface area contributed by atoms with Gasteiger partial charge in [0.25, 0.3) is 5.91 Å². The fourth-order valence-electron chi connectivity index (χ4n) is 3.70. The smallest absolute Gasteiger partial charge is 0.357 e. The van der Waals surface area contributed by atoms with Gasteiger partial charge in [0.1, 0.15) is 5.82 Å². The highest BCUT2D eigenvalue weighted by Gasteiger charge is 2.28. The largest absolute Gasteiger partial charge is 0.451 e. The maximum atomic E-state index is 13.2. The van der Waals surface area contributed by atoms with Gasteiger partial charge in [0.2, 0.25) is 5.91 Å². The lowest BCUT2D eigenvalue weighted by Gasteiger charge is -2.31. The van der Waals surface area contributed by atoms with Crippen LogP contribution >= 0.6 is 0 Å². The Labute approximate surface area is 190 Å². The molecule has 170 valence electrons. The number of nitrogens with one attached hydrogen (secondary N) is 1. The molecule has 8 nitrogen and oxygen atoms in total. The summed E-state index contributed by atoms with van der Waals surface area (Å²) in [6.07, 6.45) is 3.81. The minimum absolute atomic E-state index is 0.0613. The number of rotatable bonds is 6. The number of imidazole rings is 1. The number of halogens is 1. The topological polar surface area (TPSA) is 93.5 Å². The zero-order valence-electron chi connectivity index (χ0n) is 17.8. The SMILES string of the molecule is O=C(OCC(=O)N1CCC(C(=O)Nc2ccccc2)CC1)c1cncn1-c1ccc(F)cc1. The lowest BCUT2D eigenvalue weighted by Crippen LogP contribution is -2.43. The summed E-state index contributed by atoms with van der Waals surface area (Å²) in [4.78, 5) is 43.0. The number of hydrogen-bond acceptors (Lipinski definition) is 5. The molecule has 0 unspecified atom stereocenters. The Balaban J connectivity index is 1.26. The van der Waals surface area contributed by atoms with Crippen LogP contribution in [0.5, 0.6) is 0 Å². The first-order chi connectivity index (χ1) is 16.0. The molecule has 1 aromatic heterocycles. The van der Waals surface area contributed by atoms with E-state index in [9.17, 15) is 18.8 Å². The molecule has 2 aromatic carbocycles. The Morgan fingerprint density at radius 1 is 1.03 bits per heavy atom. The van der Waals surface area contributed by atoms with Crippen LogP contribution in [-0.2, 0) is 14.3 Å². The van der Waals surface area contributed by atoms with E-state index in [1.807, 2.05) is 30.3 Å². The van der Waals surface area contributed by atoms with E-state index in [0.29, 0.717) is 31.6 Å². The van der Waals surface area contributed by atoms with Crippen LogP contribution in [0, 0.1) is 11.7 Å². The number of likely N-dealkylation sites (tertiary alicyclic amines) is 1. The Bertz CT molecular complexity index is 1120. The quantitative estimate of drug-likeness (QED) is 0.583. The second-order valence-electron chi connectivity index (χ2n) is 7.71. The van der Waals surface area contributed by atoms with E-state index in [1.54, 1.807) is 4.90 Å². The molecular weight excluding hydrogens is 427 g/mol. The third kappa shape index (κ3) is 5.43. The molecule has 3 aromatic rings. The molecule has 9 heteroatoms. The van der Waals surface area contributed by atoms with E-state index >= 15 is 0 Å². The Morgan fingerprint density at radius 2 is 1.73 bits per heavy atom. The molecule has 1 aliphatic rings. The first kappa shape index (κ1) is 22.2. The van der Waals surface area contributed by atoms with Crippen LogP contribution in [0.3, 0.4) is 0 Å². The highest BCUT2D eigenvalue weighted by Crippen LogP contribution is 2.20. The number of piperidine rings is 1. The van der Waals surface area contributed by atoms with E-state index in [4.69, 9.17) is 4.74 Å². The molecule has 2 amide bonds. The summed E-state index contributed by atoms with van der Waals surface area (Å²) in [5.74, 6) is -1.66. The number of para-hydroxylation sites is 1. The fraction of sp³-hybridized carbons (Fsp3) is 0.250. The van der Waals surface area contributed by atoms with Gasteiger partial charge in [-0.3, -0.25) is 14.2 Å². The van der Waals surface area contributed by atoms with Crippen molar-refractivity contribution in [2.75, 3.05) is 25.0 Å². The Morgan fingerprint density at radius 3 is 2.42 bits per heavy atom. The van der Waals surface area contributed by atoms with Gasteiger partial charge in [-0.25, -0.2) is 14.2 Å². The van der Waals surface area contributed by atoms with Crippen molar-refractivity contribution in [3.05, 3.63) is 78.6 Å². The van der Waals surface area contributed by atoms with Gasteiger partial charge in [0, 0.05) is 30.4 Å². The Kier molecular flexibility index (Phi) is 6.77. The van der Waals surface area contributed by atoms with Gasteiger partial charge in [-0.15, -0.1) is 0 Å². The number of esters is 1. The summed E-state index contributed by atoms with van der Waals surface area (Å²) in [6, 6.07) is 14.8. The summed E-state index contributed by atoms with van der Waals surface area (Å²) in [7, 11) is 0. The molecule has 0 bridgehead atoms. The highest BCUT2D eigenvalue weighted by molar-refractivity contribution is 5.93. The minimum atomic E-state index is -0.706. The lowest BCUT2D eigenvalue weighted by molar-refractivity contribution is -0.137. The van der Waals surface area contributed by atoms with Crippen molar-refractivity contribution in [3.63, 3.8) is 0 Å². The molecule has 0 atom stereocenters. The van der Waals surface area contributed by atoms with Gasteiger partial charge < -0.3 is 15.0 Å². The molecule has 0 saturated carbocycles. The maximum absolute atomic E-state index is 13.2. The van der Waals surface area contributed by atoms with Crippen molar-refractivity contribution >= 4 is 23.5 Å². The van der Waals surface area contributed by atoms with Crippen LogP contribution in [0.15, 0.2) is 67.1 Å². The van der Waals surface area contributed by atoms with Gasteiger partial charge >= 0.3 is 5.97 Å². The van der Waals surface area contributed by atoms with Crippen molar-refractivity contribution in [3.8, 4) is 5.69 Å². The second-order valence-corrected chi connectivity index (χ2v) is 7.71. The van der Waals surface area contributed by atoms with Crippen molar-refractivity contribution in [1.82, 2.24) is 14.5 Å². The average molecular weight is 450 g/mol. The first-order valence-corrected chi connectivity index (χ1v) is 10.6. The number of nitrogens with zero attached hydrogens (tertiary/aromatic N) is 3. The maximum Gasteiger partial charge on any atom is 0.357 e. The zero-order chi connectivity index (χ0) is 23.2. The van der Waals surface area contributed by atoms with E-state index in [2.05, 4.69) is 10.3 Å². The molecule has 2 heterocycles. The van der Waals surface area contributed by atoms with Crippen LogP contribution in [-0.4, -0.2) is 51.9 Å². The zero-order valence-corrected chi connectivity index (χ0v) is 17.8. The Hall–Kier alpha value is -4.01. The highest BCUT2D eigenvalue weighted by atomic mass is 19.1. The van der Waals surface area contributed by atoms with Crippen molar-refractivity contribution in [2.45, 2.75) is 12.8 Å². The number of hydrogen-bond donors (Lipinski definition) is 1. The predicted molar refractivity (Wildman–Crippen MR) is 118 cm³/mol. The minimum Gasteiger partial charge on any atom is -0.451 e. The van der Waals surface area contributed by atoms with Crippen LogP contribution in [0.4, 0.5) is 10.1 Å². The van der Waals surface area contributed by atoms with Crippen molar-refractivity contribution in [2.24, 2.45) is 5.92 Å². The van der Waals surface area contributed by atoms with Crippen molar-refractivity contribution < 1.29 is 23.5 Å². The van der Waals surface area contributed by atoms with E-state index in [1.165, 1.54) is 41.4 Å². The van der Waals surface area contributed by atoms with Crippen LogP contribution in [0.25, 0.3) is 5.69 Å². The van der Waals surface area contributed by atoms with Gasteiger partial charge in [-0.1, -0.05) is 18.2 Å². The molecular formula is C24H23FN4O4. The second kappa shape index (κ2) is 10.1. The van der Waals surface area contributed by atoms with Crippen LogP contribution < -0.4 is 5.32 Å². The monoisotopic (exact) mass is 450 g/mol. The first-order valence-electron chi connectivity index (χ1n) is 10.6. The van der Waals surface area contributed by atoms with Gasteiger partial charge in [0.05, 0.1) is 12.5 Å². The summed E-state index contributed by atoms with van der Waals surface area (Å²) >= 11 is 0. The molecule has 0 radical (unpaired) electrons. The summed E-state index contributed by atoms with van der Waals surface area (Å²) in [6.45, 7) is 0.419. The number of carbonyl (C=O) groups is 3. The normalized spacial score (nSPS) is 14.0. The molecule has 33 heavy (non-hydrogen) atoms. The fourth-order valence-corrected chi connectivity index (χ4v) is 3.70. The summed E-state index contributed by atoms with van der Waals surface area (Å²) < 4.78 is 19.8. The predicted octanol–water partition coefficient (Wildman–Crippen LogP) is 3.05. The molecule has 0 aliphatic carbocycles. The van der Waals surface area contributed by atoms with Gasteiger partial charge in [-0.05, 0) is 49.2 Å². The number of carbonyl (C=O) groups excluding carboxylic acids is 3. The van der Waals surface area contributed by atoms with E-state index in [0.717, 1.165) is 5.69 Å². The molecule has 1 aliphatic heterocycles. The number of benzene rings is 2. The molecule has 1 fully saturated rings. The standard InChI is InChI=1S/C24H23FN4O4/c25-18-6-8-20(9-7-18)29-16-26-14-21(29)24(32)33-15-22(30)28-12-10-17(11-13-28)23(31)27-19-4-2-1-3-5-19/h1-9,14,16-17H,10-13,15H2,(H,27,31). The van der Waals surface area contributed by atoms with E-state index < -0.39 is 18.4 Å². The van der Waals surface area contributed by atoms with E-state index in [-0.39, 0.29) is 23.4 Å². The lowest BCUT2D eigenvalue weighted by atomic mass is 9.95. The van der Waals surface area contributed by atoms with Crippen molar-refractivity contribution in [1.29, 1.82) is 0 Å².